The highest BCUT2D eigenvalue weighted by Gasteiger charge is 2.32. The monoisotopic (exact) mass is 358 g/mol. The van der Waals surface area contributed by atoms with E-state index in [-0.39, 0.29) is 23.5 Å². The van der Waals surface area contributed by atoms with Crippen molar-refractivity contribution in [2.45, 2.75) is 32.7 Å². The Bertz CT molecular complexity index is 680. The molecule has 1 N–H and O–H groups in total. The van der Waals surface area contributed by atoms with Gasteiger partial charge < -0.3 is 10.2 Å². The van der Waals surface area contributed by atoms with Crippen molar-refractivity contribution in [1.29, 1.82) is 0 Å². The number of aryl methyl sites for hydroxylation is 2. The smallest absolute Gasteiger partial charge is 0.224 e. The molecule has 1 heterocycles. The van der Waals surface area contributed by atoms with Gasteiger partial charge in [0.2, 0.25) is 5.91 Å². The second-order valence-electron chi connectivity index (χ2n) is 6.18. The van der Waals surface area contributed by atoms with Crippen molar-refractivity contribution in [2.75, 3.05) is 30.4 Å². The molecule has 1 saturated heterocycles. The Balaban J connectivity index is 1.88. The summed E-state index contributed by atoms with van der Waals surface area (Å²) in [5, 5.41) is 3.85. The molecular formula is C16H23ClN2O3S. The quantitative estimate of drug-likeness (QED) is 0.877. The summed E-state index contributed by atoms with van der Waals surface area (Å²) in [5.41, 5.74) is 2.98. The number of carbonyl (C=O) groups is 1. The molecule has 1 aromatic rings. The maximum absolute atomic E-state index is 12.2. The summed E-state index contributed by atoms with van der Waals surface area (Å²) in [4.78, 5) is 13.8. The number of carbonyl (C=O) groups excluding carboxylic acids is 1. The van der Waals surface area contributed by atoms with Gasteiger partial charge in [0.05, 0.1) is 22.2 Å². The summed E-state index contributed by atoms with van der Waals surface area (Å²) < 4.78 is 23.0. The highest BCUT2D eigenvalue weighted by molar-refractivity contribution is 7.91. The summed E-state index contributed by atoms with van der Waals surface area (Å²) in [7, 11) is -1.30. The lowest BCUT2D eigenvalue weighted by Crippen LogP contribution is -2.38. The normalized spacial score (nSPS) is 19.6. The highest BCUT2D eigenvalue weighted by Crippen LogP contribution is 2.27. The Morgan fingerprint density at radius 3 is 2.65 bits per heavy atom. The summed E-state index contributed by atoms with van der Waals surface area (Å²) >= 11 is 6.22. The number of nitrogens with zero attached hydrogens (tertiary/aromatic N) is 1. The fraction of sp³-hybridized carbons (Fsp3) is 0.562. The van der Waals surface area contributed by atoms with Gasteiger partial charge in [0.15, 0.2) is 9.84 Å². The Hall–Kier alpha value is -1.27. The first-order valence-electron chi connectivity index (χ1n) is 7.66. The largest absolute Gasteiger partial charge is 0.383 e. The molecule has 2 rings (SSSR count). The molecule has 0 aromatic heterocycles. The number of hydrogen-bond donors (Lipinski definition) is 1. The third kappa shape index (κ3) is 4.61. The van der Waals surface area contributed by atoms with Gasteiger partial charge in [0.25, 0.3) is 0 Å². The van der Waals surface area contributed by atoms with E-state index in [9.17, 15) is 13.2 Å². The summed E-state index contributed by atoms with van der Waals surface area (Å²) in [5.74, 6) is 0.192. The van der Waals surface area contributed by atoms with E-state index < -0.39 is 9.84 Å². The van der Waals surface area contributed by atoms with Crippen LogP contribution in [-0.4, -0.2) is 50.4 Å². The summed E-state index contributed by atoms with van der Waals surface area (Å²) in [6.45, 7) is 4.42. The summed E-state index contributed by atoms with van der Waals surface area (Å²) in [6.07, 6.45) is 0.831. The second-order valence-corrected chi connectivity index (χ2v) is 8.81. The van der Waals surface area contributed by atoms with Crippen LogP contribution >= 0.6 is 11.6 Å². The first-order valence-corrected chi connectivity index (χ1v) is 9.86. The minimum atomic E-state index is -2.98. The first kappa shape index (κ1) is 18.1. The Morgan fingerprint density at radius 1 is 1.39 bits per heavy atom. The Morgan fingerprint density at radius 2 is 2.09 bits per heavy atom. The van der Waals surface area contributed by atoms with Crippen molar-refractivity contribution in [2.24, 2.45) is 0 Å². The Labute approximate surface area is 142 Å². The van der Waals surface area contributed by atoms with Gasteiger partial charge >= 0.3 is 0 Å². The minimum Gasteiger partial charge on any atom is -0.383 e. The molecule has 0 aliphatic carbocycles. The van der Waals surface area contributed by atoms with Gasteiger partial charge in [-0.2, -0.15) is 0 Å². The van der Waals surface area contributed by atoms with Gasteiger partial charge in [0, 0.05) is 26.1 Å². The zero-order valence-corrected chi connectivity index (χ0v) is 15.3. The molecule has 1 unspecified atom stereocenters. The van der Waals surface area contributed by atoms with Crippen LogP contribution in [0.3, 0.4) is 0 Å². The maximum Gasteiger partial charge on any atom is 0.224 e. The molecule has 128 valence electrons. The molecule has 0 bridgehead atoms. The molecule has 0 spiro atoms. The van der Waals surface area contributed by atoms with Crippen LogP contribution in [0.2, 0.25) is 5.02 Å². The van der Waals surface area contributed by atoms with Crippen LogP contribution in [0.25, 0.3) is 0 Å². The standard InChI is InChI=1S/C16H23ClN2O3S/c1-11-8-12(2)16(14(17)9-11)18-6-4-15(20)19(3)13-5-7-23(21,22)10-13/h8-9,13,18H,4-7,10H2,1-3H3. The molecule has 1 atom stereocenters. The van der Waals surface area contributed by atoms with Crippen LogP contribution in [-0.2, 0) is 14.6 Å². The lowest BCUT2D eigenvalue weighted by atomic mass is 10.1. The van der Waals surface area contributed by atoms with E-state index in [0.717, 1.165) is 16.8 Å². The van der Waals surface area contributed by atoms with Gasteiger partial charge in [-0.3, -0.25) is 4.79 Å². The predicted octanol–water partition coefficient (Wildman–Crippen LogP) is 2.40. The summed E-state index contributed by atoms with van der Waals surface area (Å²) in [6, 6.07) is 3.72. The number of anilines is 1. The van der Waals surface area contributed by atoms with E-state index >= 15 is 0 Å². The molecule has 1 aromatic carbocycles. The number of nitrogens with one attached hydrogen (secondary N) is 1. The molecule has 7 heteroatoms. The third-order valence-electron chi connectivity index (χ3n) is 4.22. The van der Waals surface area contributed by atoms with Crippen LogP contribution in [0.5, 0.6) is 0 Å². The lowest BCUT2D eigenvalue weighted by molar-refractivity contribution is -0.131. The van der Waals surface area contributed by atoms with E-state index in [4.69, 9.17) is 11.6 Å². The van der Waals surface area contributed by atoms with Crippen molar-refractivity contribution in [1.82, 2.24) is 4.90 Å². The molecule has 1 amide bonds. The average molecular weight is 359 g/mol. The van der Waals surface area contributed by atoms with E-state index in [1.807, 2.05) is 26.0 Å². The number of sulfone groups is 1. The van der Waals surface area contributed by atoms with Crippen LogP contribution in [0.4, 0.5) is 5.69 Å². The second kappa shape index (κ2) is 7.09. The fourth-order valence-electron chi connectivity index (χ4n) is 2.89. The van der Waals surface area contributed by atoms with Crippen molar-refractivity contribution in [3.05, 3.63) is 28.3 Å². The molecular weight excluding hydrogens is 336 g/mol. The average Bonchev–Trinajstić information content (AvgIpc) is 2.80. The van der Waals surface area contributed by atoms with E-state index in [0.29, 0.717) is 24.4 Å². The molecule has 1 fully saturated rings. The van der Waals surface area contributed by atoms with Gasteiger partial charge in [-0.1, -0.05) is 17.7 Å². The van der Waals surface area contributed by atoms with Crippen LogP contribution in [0.15, 0.2) is 12.1 Å². The minimum absolute atomic E-state index is 0.0551. The van der Waals surface area contributed by atoms with E-state index in [1.54, 1.807) is 11.9 Å². The van der Waals surface area contributed by atoms with Gasteiger partial charge in [-0.25, -0.2) is 8.42 Å². The van der Waals surface area contributed by atoms with Gasteiger partial charge in [-0.05, 0) is 37.5 Å². The van der Waals surface area contributed by atoms with Crippen molar-refractivity contribution in [3.63, 3.8) is 0 Å². The Kier molecular flexibility index (Phi) is 5.57. The van der Waals surface area contributed by atoms with E-state index in [1.165, 1.54) is 0 Å². The number of benzene rings is 1. The molecule has 23 heavy (non-hydrogen) atoms. The molecule has 5 nitrogen and oxygen atoms in total. The molecule has 0 saturated carbocycles. The van der Waals surface area contributed by atoms with Crippen LogP contribution in [0.1, 0.15) is 24.0 Å². The number of hydrogen-bond acceptors (Lipinski definition) is 4. The molecule has 1 aliphatic heterocycles. The van der Waals surface area contributed by atoms with Crippen LogP contribution < -0.4 is 5.32 Å². The topological polar surface area (TPSA) is 66.5 Å². The number of halogens is 1. The first-order chi connectivity index (χ1) is 10.7. The van der Waals surface area contributed by atoms with Crippen LogP contribution in [0, 0.1) is 13.8 Å². The third-order valence-corrected chi connectivity index (χ3v) is 6.27. The molecule has 0 radical (unpaired) electrons. The van der Waals surface area contributed by atoms with Crippen molar-refractivity contribution in [3.8, 4) is 0 Å². The lowest BCUT2D eigenvalue weighted by Gasteiger charge is -2.23. The molecule has 1 aliphatic rings. The predicted molar refractivity (Wildman–Crippen MR) is 93.9 cm³/mol. The highest BCUT2D eigenvalue weighted by atomic mass is 35.5. The number of rotatable bonds is 5. The van der Waals surface area contributed by atoms with Crippen molar-refractivity contribution >= 4 is 33.0 Å². The maximum atomic E-state index is 12.2. The zero-order valence-electron chi connectivity index (χ0n) is 13.7. The fourth-order valence-corrected chi connectivity index (χ4v) is 5.06. The van der Waals surface area contributed by atoms with Gasteiger partial charge in [0.1, 0.15) is 0 Å². The van der Waals surface area contributed by atoms with E-state index in [2.05, 4.69) is 5.32 Å². The van der Waals surface area contributed by atoms with Gasteiger partial charge in [-0.15, -0.1) is 0 Å². The van der Waals surface area contributed by atoms with Crippen molar-refractivity contribution < 1.29 is 13.2 Å². The number of amides is 1. The zero-order chi connectivity index (χ0) is 17.2. The SMILES string of the molecule is Cc1cc(C)c(NCCC(=O)N(C)C2CCS(=O)(=O)C2)c(Cl)c1.